The van der Waals surface area contributed by atoms with Gasteiger partial charge in [0.1, 0.15) is 0 Å². The van der Waals surface area contributed by atoms with E-state index in [1.165, 1.54) is 24.8 Å². The van der Waals surface area contributed by atoms with E-state index in [0.29, 0.717) is 18.0 Å². The molecule has 2 amide bonds. The third kappa shape index (κ3) is 3.67. The highest BCUT2D eigenvalue weighted by Crippen LogP contribution is 2.59. The fourth-order valence-corrected chi connectivity index (χ4v) is 6.84. The largest absolute Gasteiger partial charge is 0.343 e. The minimum absolute atomic E-state index is 0.156. The minimum atomic E-state index is -0.156. The van der Waals surface area contributed by atoms with Crippen LogP contribution in [-0.4, -0.2) is 69.8 Å². The summed E-state index contributed by atoms with van der Waals surface area (Å²) >= 11 is 0. The van der Waals surface area contributed by atoms with Crippen LogP contribution in [0.1, 0.15) is 76.3 Å². The first kappa shape index (κ1) is 20.9. The molecule has 0 radical (unpaired) electrons. The Morgan fingerprint density at radius 2 is 1.55 bits per heavy atom. The summed E-state index contributed by atoms with van der Waals surface area (Å²) in [5.74, 6) is 0.620. The lowest BCUT2D eigenvalue weighted by molar-refractivity contribution is -0.187. The van der Waals surface area contributed by atoms with Crippen LogP contribution in [0.25, 0.3) is 0 Å². The summed E-state index contributed by atoms with van der Waals surface area (Å²) in [6.07, 6.45) is 13.8. The zero-order valence-electron chi connectivity index (χ0n) is 18.8. The molecule has 5 rings (SSSR count). The van der Waals surface area contributed by atoms with Crippen molar-refractivity contribution in [3.8, 4) is 0 Å². The average Bonchev–Trinajstić information content (AvgIpc) is 2.83. The van der Waals surface area contributed by atoms with E-state index in [9.17, 15) is 9.59 Å². The molecule has 1 aromatic heterocycles. The number of nitrogens with zero attached hydrogens (tertiary/aromatic N) is 4. The van der Waals surface area contributed by atoms with Crippen LogP contribution < -0.4 is 0 Å². The third-order valence-electron chi connectivity index (χ3n) is 8.55. The number of amides is 2. The summed E-state index contributed by atoms with van der Waals surface area (Å²) in [7, 11) is 0. The molecule has 0 N–H and O–H groups in total. The molecular formula is C25H36N4O2. The van der Waals surface area contributed by atoms with Gasteiger partial charge >= 0.3 is 0 Å². The lowest BCUT2D eigenvalue weighted by Crippen LogP contribution is -2.68. The SMILES string of the molecule is CC(=O)N1CCC(N2CCC(N3C(=O)C4(CCCCC4)C3c3ccncc3)CC2)CC1. The molecule has 1 aromatic rings. The molecule has 6 nitrogen and oxygen atoms in total. The zero-order chi connectivity index (χ0) is 21.4. The smallest absolute Gasteiger partial charge is 0.232 e. The molecule has 1 aliphatic carbocycles. The predicted molar refractivity (Wildman–Crippen MR) is 119 cm³/mol. The van der Waals surface area contributed by atoms with Gasteiger partial charge in [-0.1, -0.05) is 19.3 Å². The van der Waals surface area contributed by atoms with Gasteiger partial charge in [0.25, 0.3) is 0 Å². The first-order valence-electron chi connectivity index (χ1n) is 12.3. The van der Waals surface area contributed by atoms with Crippen LogP contribution in [0.15, 0.2) is 24.5 Å². The molecule has 3 saturated heterocycles. The highest BCUT2D eigenvalue weighted by molar-refractivity contribution is 5.91. The van der Waals surface area contributed by atoms with Crippen molar-refractivity contribution in [1.29, 1.82) is 0 Å². The van der Waals surface area contributed by atoms with E-state index in [4.69, 9.17) is 0 Å². The van der Waals surface area contributed by atoms with E-state index in [-0.39, 0.29) is 17.4 Å². The van der Waals surface area contributed by atoms with Crippen LogP contribution in [0.4, 0.5) is 0 Å². The Hall–Kier alpha value is -1.95. The number of piperidine rings is 2. The van der Waals surface area contributed by atoms with Crippen LogP contribution in [0.3, 0.4) is 0 Å². The topological polar surface area (TPSA) is 56.8 Å². The normalized spacial score (nSPS) is 28.0. The molecule has 4 aliphatic rings. The van der Waals surface area contributed by atoms with Crippen LogP contribution in [0, 0.1) is 5.41 Å². The molecular weight excluding hydrogens is 388 g/mol. The number of β-lactam (4-membered cyclic amide) rings is 1. The molecule has 4 fully saturated rings. The van der Waals surface area contributed by atoms with Gasteiger partial charge in [0.05, 0.1) is 11.5 Å². The van der Waals surface area contributed by atoms with Crippen molar-refractivity contribution < 1.29 is 9.59 Å². The van der Waals surface area contributed by atoms with Crippen molar-refractivity contribution in [2.75, 3.05) is 26.2 Å². The lowest BCUT2D eigenvalue weighted by Gasteiger charge is -2.61. The Morgan fingerprint density at radius 3 is 2.16 bits per heavy atom. The monoisotopic (exact) mass is 424 g/mol. The highest BCUT2D eigenvalue weighted by Gasteiger charge is 2.62. The van der Waals surface area contributed by atoms with E-state index >= 15 is 0 Å². The molecule has 31 heavy (non-hydrogen) atoms. The Bertz CT molecular complexity index is 791. The summed E-state index contributed by atoms with van der Waals surface area (Å²) in [5, 5.41) is 0. The molecule has 1 unspecified atom stereocenters. The van der Waals surface area contributed by atoms with Crippen LogP contribution in [-0.2, 0) is 9.59 Å². The Morgan fingerprint density at radius 1 is 0.935 bits per heavy atom. The maximum atomic E-state index is 13.6. The molecule has 0 bridgehead atoms. The fraction of sp³-hybridized carbons (Fsp3) is 0.720. The van der Waals surface area contributed by atoms with Gasteiger partial charge in [0.15, 0.2) is 0 Å². The lowest BCUT2D eigenvalue weighted by atomic mass is 9.59. The first-order chi connectivity index (χ1) is 15.1. The van der Waals surface area contributed by atoms with Gasteiger partial charge in [-0.25, -0.2) is 0 Å². The van der Waals surface area contributed by atoms with E-state index < -0.39 is 0 Å². The number of pyridine rings is 1. The third-order valence-corrected chi connectivity index (χ3v) is 8.55. The van der Waals surface area contributed by atoms with Crippen LogP contribution >= 0.6 is 0 Å². The quantitative estimate of drug-likeness (QED) is 0.698. The van der Waals surface area contributed by atoms with Crippen molar-refractivity contribution >= 4 is 11.8 Å². The van der Waals surface area contributed by atoms with Gasteiger partial charge in [-0.3, -0.25) is 14.6 Å². The molecule has 168 valence electrons. The fourth-order valence-electron chi connectivity index (χ4n) is 6.84. The maximum Gasteiger partial charge on any atom is 0.232 e. The first-order valence-corrected chi connectivity index (χ1v) is 12.3. The Kier molecular flexibility index (Phi) is 5.76. The molecule has 1 saturated carbocycles. The second kappa shape index (κ2) is 8.53. The highest BCUT2D eigenvalue weighted by atomic mass is 16.2. The summed E-state index contributed by atoms with van der Waals surface area (Å²) in [5.41, 5.74) is 1.12. The average molecular weight is 425 g/mol. The number of likely N-dealkylation sites (tertiary alicyclic amines) is 3. The summed E-state index contributed by atoms with van der Waals surface area (Å²) in [6.45, 7) is 5.58. The second-order valence-electron chi connectivity index (χ2n) is 10.1. The van der Waals surface area contributed by atoms with Crippen LogP contribution in [0.5, 0.6) is 0 Å². The number of carbonyl (C=O) groups is 2. The number of hydrogen-bond acceptors (Lipinski definition) is 4. The Labute approximate surface area is 186 Å². The van der Waals surface area contributed by atoms with Crippen molar-refractivity contribution in [3.05, 3.63) is 30.1 Å². The van der Waals surface area contributed by atoms with Gasteiger partial charge in [-0.15, -0.1) is 0 Å². The van der Waals surface area contributed by atoms with Gasteiger partial charge in [0, 0.05) is 57.6 Å². The van der Waals surface area contributed by atoms with Crippen molar-refractivity contribution in [3.63, 3.8) is 0 Å². The standard InChI is InChI=1S/C25H36N4O2/c1-19(30)27-15-7-21(8-16-27)28-17-9-22(10-18-28)29-23(20-5-13-26-14-6-20)25(24(29)31)11-3-2-4-12-25/h5-6,13-14,21-23H,2-4,7-12,15-18H2,1H3. The molecule has 1 spiro atoms. The van der Waals surface area contributed by atoms with Gasteiger partial charge in [0.2, 0.25) is 11.8 Å². The van der Waals surface area contributed by atoms with E-state index in [2.05, 4.69) is 26.9 Å². The zero-order valence-corrected chi connectivity index (χ0v) is 18.8. The molecule has 0 aromatic carbocycles. The van der Waals surface area contributed by atoms with E-state index in [1.807, 2.05) is 17.3 Å². The van der Waals surface area contributed by atoms with Crippen LogP contribution in [0.2, 0.25) is 0 Å². The van der Waals surface area contributed by atoms with E-state index in [1.54, 1.807) is 6.92 Å². The van der Waals surface area contributed by atoms with Crippen molar-refractivity contribution in [1.82, 2.24) is 19.7 Å². The van der Waals surface area contributed by atoms with Crippen molar-refractivity contribution in [2.24, 2.45) is 5.41 Å². The summed E-state index contributed by atoms with van der Waals surface area (Å²) < 4.78 is 0. The van der Waals surface area contributed by atoms with Gasteiger partial charge in [-0.05, 0) is 56.2 Å². The molecule has 4 heterocycles. The Balaban J connectivity index is 1.25. The van der Waals surface area contributed by atoms with Crippen molar-refractivity contribution in [2.45, 2.75) is 82.8 Å². The summed E-state index contributed by atoms with van der Waals surface area (Å²) in [4.78, 5) is 36.3. The maximum absolute atomic E-state index is 13.6. The predicted octanol–water partition coefficient (Wildman–Crippen LogP) is 3.39. The van der Waals surface area contributed by atoms with E-state index in [0.717, 1.165) is 64.7 Å². The minimum Gasteiger partial charge on any atom is -0.343 e. The number of rotatable bonds is 3. The molecule has 3 aliphatic heterocycles. The van der Waals surface area contributed by atoms with Gasteiger partial charge in [-0.2, -0.15) is 0 Å². The number of carbonyl (C=O) groups excluding carboxylic acids is 2. The second-order valence-corrected chi connectivity index (χ2v) is 10.1. The summed E-state index contributed by atoms with van der Waals surface area (Å²) in [6, 6.07) is 5.42. The molecule has 1 atom stereocenters. The number of aromatic nitrogens is 1. The molecule has 6 heteroatoms. The van der Waals surface area contributed by atoms with Gasteiger partial charge < -0.3 is 14.7 Å². The number of hydrogen-bond donors (Lipinski definition) is 0.